The number of amides is 1. The molecule has 0 aliphatic rings. The van der Waals surface area contributed by atoms with Crippen molar-refractivity contribution in [1.29, 1.82) is 0 Å². The second-order valence-corrected chi connectivity index (χ2v) is 5.91. The number of hydrogen-bond donors (Lipinski definition) is 0. The van der Waals surface area contributed by atoms with Gasteiger partial charge < -0.3 is 9.80 Å². The Morgan fingerprint density at radius 3 is 2.67 bits per heavy atom. The third kappa shape index (κ3) is 5.14. The van der Waals surface area contributed by atoms with Crippen molar-refractivity contribution in [2.45, 2.75) is 18.3 Å². The lowest BCUT2D eigenvalue weighted by molar-refractivity contribution is -0.130. The summed E-state index contributed by atoms with van der Waals surface area (Å²) < 4.78 is 0. The molecule has 1 rings (SSSR count). The molecule has 0 saturated heterocycles. The number of hydrogen-bond acceptors (Lipinski definition) is 3. The first-order chi connectivity index (χ1) is 8.50. The lowest BCUT2D eigenvalue weighted by atomic mass is 10.2. The quantitative estimate of drug-likeness (QED) is 0.751. The van der Waals surface area contributed by atoms with Crippen molar-refractivity contribution < 1.29 is 4.79 Å². The normalized spacial score (nSPS) is 12.5. The Labute approximate surface area is 117 Å². The van der Waals surface area contributed by atoms with Crippen molar-refractivity contribution in [3.8, 4) is 0 Å². The third-order valence-electron chi connectivity index (χ3n) is 2.57. The SMILES string of the molecule is CC(Br)C(=O)N(CCN(C)C)Cc1cccnc1. The first kappa shape index (κ1) is 15.1. The highest BCUT2D eigenvalue weighted by molar-refractivity contribution is 9.10. The minimum Gasteiger partial charge on any atom is -0.336 e. The van der Waals surface area contributed by atoms with Crippen molar-refractivity contribution in [3.05, 3.63) is 30.1 Å². The van der Waals surface area contributed by atoms with Gasteiger partial charge in [0.25, 0.3) is 0 Å². The van der Waals surface area contributed by atoms with Crippen LogP contribution < -0.4 is 0 Å². The summed E-state index contributed by atoms with van der Waals surface area (Å²) in [6, 6.07) is 3.88. The molecule has 0 bridgehead atoms. The zero-order valence-corrected chi connectivity index (χ0v) is 12.7. The molecule has 0 spiro atoms. The summed E-state index contributed by atoms with van der Waals surface area (Å²) in [5.74, 6) is 0.112. The Balaban J connectivity index is 2.68. The zero-order valence-electron chi connectivity index (χ0n) is 11.1. The van der Waals surface area contributed by atoms with E-state index in [0.717, 1.165) is 18.7 Å². The number of alkyl halides is 1. The number of halogens is 1. The van der Waals surface area contributed by atoms with Gasteiger partial charge in [0.05, 0.1) is 4.83 Å². The maximum Gasteiger partial charge on any atom is 0.236 e. The average Bonchev–Trinajstić information content (AvgIpc) is 2.34. The number of carbonyl (C=O) groups excluding carboxylic acids is 1. The third-order valence-corrected chi connectivity index (χ3v) is 2.96. The van der Waals surface area contributed by atoms with Crippen molar-refractivity contribution in [1.82, 2.24) is 14.8 Å². The van der Waals surface area contributed by atoms with Crippen LogP contribution >= 0.6 is 15.9 Å². The fourth-order valence-corrected chi connectivity index (χ4v) is 1.84. The zero-order chi connectivity index (χ0) is 13.5. The van der Waals surface area contributed by atoms with Gasteiger partial charge in [-0.3, -0.25) is 9.78 Å². The molecule has 0 aliphatic heterocycles. The Hall–Kier alpha value is -0.940. The molecule has 0 radical (unpaired) electrons. The van der Waals surface area contributed by atoms with Gasteiger partial charge in [0.15, 0.2) is 0 Å². The van der Waals surface area contributed by atoms with E-state index in [1.165, 1.54) is 0 Å². The van der Waals surface area contributed by atoms with Gasteiger partial charge >= 0.3 is 0 Å². The van der Waals surface area contributed by atoms with E-state index in [9.17, 15) is 4.79 Å². The number of pyridine rings is 1. The van der Waals surface area contributed by atoms with E-state index in [0.29, 0.717) is 6.54 Å². The van der Waals surface area contributed by atoms with Gasteiger partial charge in [-0.05, 0) is 32.6 Å². The number of carbonyl (C=O) groups is 1. The van der Waals surface area contributed by atoms with Gasteiger partial charge in [0.2, 0.25) is 5.91 Å². The minimum atomic E-state index is -0.156. The van der Waals surface area contributed by atoms with Gasteiger partial charge in [0.1, 0.15) is 0 Å². The van der Waals surface area contributed by atoms with E-state index in [-0.39, 0.29) is 10.7 Å². The lowest BCUT2D eigenvalue weighted by Gasteiger charge is -2.25. The molecule has 1 aromatic heterocycles. The molecule has 0 aliphatic carbocycles. The Bertz CT molecular complexity index is 368. The summed E-state index contributed by atoms with van der Waals surface area (Å²) in [4.78, 5) is 20.0. The molecule has 1 amide bonds. The Morgan fingerprint density at radius 2 is 2.17 bits per heavy atom. The smallest absolute Gasteiger partial charge is 0.236 e. The number of nitrogens with zero attached hydrogens (tertiary/aromatic N) is 3. The van der Waals surface area contributed by atoms with Gasteiger partial charge in [-0.2, -0.15) is 0 Å². The van der Waals surface area contributed by atoms with Crippen LogP contribution in [0, 0.1) is 0 Å². The van der Waals surface area contributed by atoms with E-state index in [4.69, 9.17) is 0 Å². The van der Waals surface area contributed by atoms with E-state index in [2.05, 4.69) is 25.8 Å². The summed E-state index contributed by atoms with van der Waals surface area (Å²) >= 11 is 3.34. The average molecular weight is 314 g/mol. The van der Waals surface area contributed by atoms with Crippen molar-refractivity contribution in [2.75, 3.05) is 27.2 Å². The van der Waals surface area contributed by atoms with Crippen LogP contribution in [0.4, 0.5) is 0 Å². The van der Waals surface area contributed by atoms with Crippen LogP contribution in [0.15, 0.2) is 24.5 Å². The molecule has 18 heavy (non-hydrogen) atoms. The Morgan fingerprint density at radius 1 is 1.44 bits per heavy atom. The van der Waals surface area contributed by atoms with Gasteiger partial charge in [-0.1, -0.05) is 22.0 Å². The molecule has 1 atom stereocenters. The van der Waals surface area contributed by atoms with E-state index in [1.54, 1.807) is 12.4 Å². The minimum absolute atomic E-state index is 0.112. The predicted molar refractivity (Wildman–Crippen MR) is 76.6 cm³/mol. The molecule has 1 aromatic rings. The fraction of sp³-hybridized carbons (Fsp3) is 0.538. The summed E-state index contributed by atoms with van der Waals surface area (Å²) in [5, 5.41) is 0. The summed E-state index contributed by atoms with van der Waals surface area (Å²) in [6.07, 6.45) is 3.54. The molecule has 0 saturated carbocycles. The van der Waals surface area contributed by atoms with Crippen LogP contribution in [0.25, 0.3) is 0 Å². The molecule has 1 heterocycles. The van der Waals surface area contributed by atoms with Gasteiger partial charge in [-0.15, -0.1) is 0 Å². The lowest BCUT2D eigenvalue weighted by Crippen LogP contribution is -2.39. The van der Waals surface area contributed by atoms with Crippen LogP contribution in [0.2, 0.25) is 0 Å². The predicted octanol–water partition coefficient (Wildman–Crippen LogP) is 1.76. The molecule has 0 aromatic carbocycles. The molecule has 100 valence electrons. The van der Waals surface area contributed by atoms with Crippen molar-refractivity contribution in [2.24, 2.45) is 0 Å². The first-order valence-electron chi connectivity index (χ1n) is 5.97. The summed E-state index contributed by atoms with van der Waals surface area (Å²) in [7, 11) is 4.01. The topological polar surface area (TPSA) is 36.4 Å². The van der Waals surface area contributed by atoms with Crippen LogP contribution in [0.5, 0.6) is 0 Å². The second kappa shape index (κ2) is 7.48. The van der Waals surface area contributed by atoms with Gasteiger partial charge in [0, 0.05) is 32.0 Å². The maximum atomic E-state index is 12.1. The van der Waals surface area contributed by atoms with Gasteiger partial charge in [-0.25, -0.2) is 0 Å². The standard InChI is InChI=1S/C13H20BrN3O/c1-11(14)13(18)17(8-7-16(2)3)10-12-5-4-6-15-9-12/h4-6,9,11H,7-8,10H2,1-3H3. The number of rotatable bonds is 6. The van der Waals surface area contributed by atoms with Crippen molar-refractivity contribution in [3.63, 3.8) is 0 Å². The first-order valence-corrected chi connectivity index (χ1v) is 6.88. The molecular formula is C13H20BrN3O. The fourth-order valence-electron chi connectivity index (χ4n) is 1.55. The Kier molecular flexibility index (Phi) is 6.29. The van der Waals surface area contributed by atoms with Crippen LogP contribution in [-0.4, -0.2) is 52.7 Å². The van der Waals surface area contributed by atoms with Crippen molar-refractivity contribution >= 4 is 21.8 Å². The highest BCUT2D eigenvalue weighted by Gasteiger charge is 2.18. The highest BCUT2D eigenvalue weighted by Crippen LogP contribution is 2.09. The molecule has 4 nitrogen and oxygen atoms in total. The summed E-state index contributed by atoms with van der Waals surface area (Å²) in [5.41, 5.74) is 1.05. The van der Waals surface area contributed by atoms with Crippen LogP contribution in [0.1, 0.15) is 12.5 Å². The highest BCUT2D eigenvalue weighted by atomic mass is 79.9. The molecule has 1 unspecified atom stereocenters. The van der Waals surface area contributed by atoms with Crippen LogP contribution in [0.3, 0.4) is 0 Å². The molecule has 0 fully saturated rings. The van der Waals surface area contributed by atoms with Crippen LogP contribution in [-0.2, 0) is 11.3 Å². The number of likely N-dealkylation sites (N-methyl/N-ethyl adjacent to an activating group) is 1. The maximum absolute atomic E-state index is 12.1. The van der Waals surface area contributed by atoms with E-state index < -0.39 is 0 Å². The molecule has 0 N–H and O–H groups in total. The largest absolute Gasteiger partial charge is 0.336 e. The second-order valence-electron chi connectivity index (χ2n) is 4.54. The van der Waals surface area contributed by atoms with E-state index >= 15 is 0 Å². The number of aromatic nitrogens is 1. The monoisotopic (exact) mass is 313 g/mol. The summed E-state index contributed by atoms with van der Waals surface area (Å²) in [6.45, 7) is 4.03. The molecular weight excluding hydrogens is 294 g/mol. The van der Waals surface area contributed by atoms with E-state index in [1.807, 2.05) is 38.1 Å². The molecule has 5 heteroatoms.